The molecule has 2 amide bonds. The minimum Gasteiger partial charge on any atom is -0.278 e. The van der Waals surface area contributed by atoms with Crippen LogP contribution >= 0.6 is 11.8 Å². The maximum Gasteiger partial charge on any atom is 0.285 e. The highest BCUT2D eigenvalue weighted by atomic mass is 32.2. The molecule has 1 aliphatic rings. The number of hydrogen-bond donors (Lipinski definition) is 1. The normalized spacial score (nSPS) is 13.8. The van der Waals surface area contributed by atoms with Gasteiger partial charge in [0, 0.05) is 10.3 Å². The van der Waals surface area contributed by atoms with Crippen LogP contribution in [-0.4, -0.2) is 27.8 Å². The van der Waals surface area contributed by atoms with Crippen LogP contribution in [0.5, 0.6) is 0 Å². The van der Waals surface area contributed by atoms with E-state index in [1.54, 1.807) is 30.0 Å². The minimum atomic E-state index is -0.652. The zero-order chi connectivity index (χ0) is 17.8. The molecule has 0 saturated carbocycles. The summed E-state index contributed by atoms with van der Waals surface area (Å²) in [6, 6.07) is 9.04. The molecule has 2 aromatic rings. The zero-order valence-corrected chi connectivity index (χ0v) is 15.3. The Balaban J connectivity index is 1.77. The average molecular weight is 357 g/mol. The van der Waals surface area contributed by atoms with Gasteiger partial charge in [0.25, 0.3) is 11.8 Å². The highest BCUT2D eigenvalue weighted by molar-refractivity contribution is 7.99. The molecule has 0 spiro atoms. The third-order valence-electron chi connectivity index (χ3n) is 4.60. The van der Waals surface area contributed by atoms with Crippen molar-refractivity contribution in [2.75, 3.05) is 5.75 Å². The van der Waals surface area contributed by atoms with E-state index in [4.69, 9.17) is 0 Å². The molecule has 0 aliphatic carbocycles. The summed E-state index contributed by atoms with van der Waals surface area (Å²) in [6.07, 6.45) is 7.58. The summed E-state index contributed by atoms with van der Waals surface area (Å²) in [5, 5.41) is 11.5. The summed E-state index contributed by atoms with van der Waals surface area (Å²) in [5.41, 5.74) is 0.772. The van der Waals surface area contributed by atoms with E-state index in [1.807, 2.05) is 12.1 Å². The number of carbonyl (C=O) groups is 2. The van der Waals surface area contributed by atoms with Gasteiger partial charge in [-0.1, -0.05) is 51.2 Å². The number of thioether (sulfide) groups is 1. The van der Waals surface area contributed by atoms with Gasteiger partial charge in [-0.15, -0.1) is 16.8 Å². The molecule has 3 rings (SSSR count). The van der Waals surface area contributed by atoms with Crippen molar-refractivity contribution in [3.63, 3.8) is 0 Å². The summed E-state index contributed by atoms with van der Waals surface area (Å²) >= 11 is 1.77. The minimum absolute atomic E-state index is 0.209. The Morgan fingerprint density at radius 2 is 1.60 bits per heavy atom. The number of carbonyl (C=O) groups excluding carboxylic acids is 2. The van der Waals surface area contributed by atoms with Crippen LogP contribution in [0.3, 0.4) is 0 Å². The third-order valence-corrected chi connectivity index (χ3v) is 5.76. The predicted octanol–water partition coefficient (Wildman–Crippen LogP) is 5.28. The van der Waals surface area contributed by atoms with Crippen LogP contribution in [0.2, 0.25) is 0 Å². The van der Waals surface area contributed by atoms with E-state index < -0.39 is 11.8 Å². The molecule has 0 atom stereocenters. The number of benzene rings is 2. The summed E-state index contributed by atoms with van der Waals surface area (Å²) in [4.78, 5) is 25.4. The monoisotopic (exact) mass is 357 g/mol. The van der Waals surface area contributed by atoms with E-state index in [1.165, 1.54) is 38.5 Å². The number of hydrogen-bond acceptors (Lipinski definition) is 4. The maximum absolute atomic E-state index is 12.2. The lowest BCUT2D eigenvalue weighted by atomic mass is 9.95. The Morgan fingerprint density at radius 1 is 0.920 bits per heavy atom. The number of hydroxylamine groups is 2. The maximum atomic E-state index is 12.2. The fourth-order valence-corrected chi connectivity index (χ4v) is 4.31. The first kappa shape index (κ1) is 18.0. The van der Waals surface area contributed by atoms with E-state index in [2.05, 4.69) is 6.92 Å². The molecule has 25 heavy (non-hydrogen) atoms. The summed E-state index contributed by atoms with van der Waals surface area (Å²) in [5.74, 6) is -0.277. The quantitative estimate of drug-likeness (QED) is 0.302. The van der Waals surface area contributed by atoms with Crippen molar-refractivity contribution >= 4 is 34.3 Å². The van der Waals surface area contributed by atoms with Crippen molar-refractivity contribution in [2.24, 2.45) is 0 Å². The second-order valence-corrected chi connectivity index (χ2v) is 7.51. The lowest BCUT2D eigenvalue weighted by Gasteiger charge is -2.22. The predicted molar refractivity (Wildman–Crippen MR) is 100 cm³/mol. The van der Waals surface area contributed by atoms with Gasteiger partial charge in [-0.25, -0.2) is 0 Å². The van der Waals surface area contributed by atoms with Crippen LogP contribution in [-0.2, 0) is 0 Å². The van der Waals surface area contributed by atoms with Crippen molar-refractivity contribution in [1.29, 1.82) is 0 Å². The van der Waals surface area contributed by atoms with E-state index in [0.717, 1.165) is 16.0 Å². The first-order valence-electron chi connectivity index (χ1n) is 8.91. The largest absolute Gasteiger partial charge is 0.285 e. The molecule has 0 aromatic heterocycles. The van der Waals surface area contributed by atoms with Crippen LogP contribution in [0, 0.1) is 0 Å². The van der Waals surface area contributed by atoms with E-state index >= 15 is 0 Å². The molecule has 0 fully saturated rings. The molecule has 1 aliphatic heterocycles. The van der Waals surface area contributed by atoms with Gasteiger partial charge in [0.2, 0.25) is 0 Å². The first-order chi connectivity index (χ1) is 12.1. The molecule has 0 unspecified atom stereocenters. The molecule has 0 bridgehead atoms. The van der Waals surface area contributed by atoms with Crippen LogP contribution in [0.25, 0.3) is 10.8 Å². The van der Waals surface area contributed by atoms with Crippen LogP contribution in [0.4, 0.5) is 0 Å². The van der Waals surface area contributed by atoms with Gasteiger partial charge in [-0.2, -0.15) is 0 Å². The summed E-state index contributed by atoms with van der Waals surface area (Å²) < 4.78 is 0. The molecule has 5 heteroatoms. The van der Waals surface area contributed by atoms with Gasteiger partial charge >= 0.3 is 0 Å². The van der Waals surface area contributed by atoms with Crippen molar-refractivity contribution < 1.29 is 14.8 Å². The summed E-state index contributed by atoms with van der Waals surface area (Å²) in [6.45, 7) is 2.22. The van der Waals surface area contributed by atoms with Crippen LogP contribution < -0.4 is 0 Å². The number of amides is 2. The molecule has 1 N–H and O–H groups in total. The lowest BCUT2D eigenvalue weighted by Crippen LogP contribution is -2.37. The Hall–Kier alpha value is -1.85. The number of unbranched alkanes of at least 4 members (excludes halogenated alkanes) is 5. The Kier molecular flexibility index (Phi) is 5.76. The molecule has 0 saturated heterocycles. The highest BCUT2D eigenvalue weighted by Gasteiger charge is 2.32. The fraction of sp³-hybridized carbons (Fsp3) is 0.400. The fourth-order valence-electron chi connectivity index (χ4n) is 3.25. The molecule has 0 radical (unpaired) electrons. The standard InChI is InChI=1S/C20H23NO3S/c1-2-3-4-5-6-7-13-25-17-12-11-16-18-14(17)9-8-10-15(18)19(22)21(24)20(16)23/h8-12,24H,2-7,13H2,1H3. The lowest BCUT2D eigenvalue weighted by molar-refractivity contribution is -0.0377. The number of rotatable bonds is 8. The van der Waals surface area contributed by atoms with Crippen molar-refractivity contribution in [1.82, 2.24) is 5.06 Å². The molecule has 132 valence electrons. The molecule has 2 aromatic carbocycles. The molecule has 1 heterocycles. The molecular formula is C20H23NO3S. The van der Waals surface area contributed by atoms with E-state index in [0.29, 0.717) is 16.5 Å². The topological polar surface area (TPSA) is 57.6 Å². The average Bonchev–Trinajstić information content (AvgIpc) is 2.64. The Morgan fingerprint density at radius 3 is 2.36 bits per heavy atom. The highest BCUT2D eigenvalue weighted by Crippen LogP contribution is 2.36. The first-order valence-corrected chi connectivity index (χ1v) is 9.90. The van der Waals surface area contributed by atoms with E-state index in [-0.39, 0.29) is 5.06 Å². The zero-order valence-electron chi connectivity index (χ0n) is 14.5. The van der Waals surface area contributed by atoms with Crippen LogP contribution in [0.1, 0.15) is 66.2 Å². The van der Waals surface area contributed by atoms with E-state index in [9.17, 15) is 14.8 Å². The SMILES string of the molecule is CCCCCCCCSc1ccc2c3c(cccc13)C(=O)N(O)C2=O. The van der Waals surface area contributed by atoms with Gasteiger partial charge in [0.15, 0.2) is 0 Å². The van der Waals surface area contributed by atoms with Crippen LogP contribution in [0.15, 0.2) is 35.2 Å². The van der Waals surface area contributed by atoms with Gasteiger partial charge in [-0.3, -0.25) is 14.8 Å². The van der Waals surface area contributed by atoms with Gasteiger partial charge in [0.1, 0.15) is 0 Å². The number of nitrogens with zero attached hydrogens (tertiary/aromatic N) is 1. The number of imide groups is 1. The van der Waals surface area contributed by atoms with Gasteiger partial charge in [0.05, 0.1) is 11.1 Å². The van der Waals surface area contributed by atoms with Crippen molar-refractivity contribution in [3.05, 3.63) is 41.5 Å². The van der Waals surface area contributed by atoms with Gasteiger partial charge in [-0.05, 0) is 35.8 Å². The van der Waals surface area contributed by atoms with Crippen molar-refractivity contribution in [2.45, 2.75) is 50.3 Å². The summed E-state index contributed by atoms with van der Waals surface area (Å²) in [7, 11) is 0. The second-order valence-electron chi connectivity index (χ2n) is 6.38. The van der Waals surface area contributed by atoms with Gasteiger partial charge < -0.3 is 0 Å². The Labute approximate surface area is 152 Å². The molecule has 4 nitrogen and oxygen atoms in total. The van der Waals surface area contributed by atoms with Crippen molar-refractivity contribution in [3.8, 4) is 0 Å². The second kappa shape index (κ2) is 8.02. The smallest absolute Gasteiger partial charge is 0.278 e. The third kappa shape index (κ3) is 3.58. The Bertz CT molecular complexity index is 781. The molecular weight excluding hydrogens is 334 g/mol.